The van der Waals surface area contributed by atoms with Gasteiger partial charge in [-0.25, -0.2) is 0 Å². The van der Waals surface area contributed by atoms with Gasteiger partial charge in [0.25, 0.3) is 5.89 Å². The van der Waals surface area contributed by atoms with Gasteiger partial charge in [-0.15, -0.1) is 11.3 Å². The van der Waals surface area contributed by atoms with Gasteiger partial charge < -0.3 is 9.63 Å². The van der Waals surface area contributed by atoms with E-state index in [9.17, 15) is 4.79 Å². The molecule has 1 aromatic carbocycles. The van der Waals surface area contributed by atoms with E-state index in [0.29, 0.717) is 30.7 Å². The second kappa shape index (κ2) is 8.32. The van der Waals surface area contributed by atoms with Crippen LogP contribution < -0.4 is 0 Å². The van der Waals surface area contributed by atoms with Gasteiger partial charge in [-0.1, -0.05) is 48.7 Å². The lowest BCUT2D eigenvalue weighted by molar-refractivity contribution is -0.147. The highest BCUT2D eigenvalue weighted by molar-refractivity contribution is 7.15. The molecule has 1 saturated heterocycles. The molecule has 3 heterocycles. The van der Waals surface area contributed by atoms with Crippen LogP contribution in [0, 0.1) is 5.92 Å². The van der Waals surface area contributed by atoms with Crippen molar-refractivity contribution in [1.29, 1.82) is 0 Å². The quantitative estimate of drug-likeness (QED) is 0.599. The molecule has 6 nitrogen and oxygen atoms in total. The number of aliphatic carboxylic acids is 1. The molecular formula is C23H25N3O3S. The number of rotatable bonds is 6. The standard InChI is InChI=1S/C23H25N3O3S/c27-23(28)18-12-26(13-18)14-19-10-11-20(30-19)22-24-21(25-29-22)17-8-6-16(7-9-17)15-4-2-1-3-5-15/h6-11,15,18H,1-5,12-14H2,(H,27,28). The molecule has 0 amide bonds. The Morgan fingerprint density at radius 1 is 1.10 bits per heavy atom. The number of thiophene rings is 1. The van der Waals surface area contributed by atoms with Crippen molar-refractivity contribution in [3.63, 3.8) is 0 Å². The third-order valence-electron chi connectivity index (χ3n) is 6.23. The maximum Gasteiger partial charge on any atom is 0.309 e. The summed E-state index contributed by atoms with van der Waals surface area (Å²) < 4.78 is 5.52. The summed E-state index contributed by atoms with van der Waals surface area (Å²) >= 11 is 1.62. The minimum absolute atomic E-state index is 0.229. The predicted octanol–water partition coefficient (Wildman–Crippen LogP) is 5.03. The number of aromatic nitrogens is 2. The summed E-state index contributed by atoms with van der Waals surface area (Å²) in [6.45, 7) is 1.99. The van der Waals surface area contributed by atoms with Crippen molar-refractivity contribution in [2.75, 3.05) is 13.1 Å². The molecule has 1 N–H and O–H groups in total. The number of hydrogen-bond acceptors (Lipinski definition) is 6. The molecule has 3 aromatic rings. The van der Waals surface area contributed by atoms with Crippen molar-refractivity contribution in [1.82, 2.24) is 15.0 Å². The summed E-state index contributed by atoms with van der Waals surface area (Å²) in [7, 11) is 0. The minimum atomic E-state index is -0.705. The SMILES string of the molecule is O=C(O)C1CN(Cc2ccc(-c3nc(-c4ccc(C5CCCCC5)cc4)no3)s2)C1. The van der Waals surface area contributed by atoms with E-state index in [0.717, 1.165) is 17.0 Å². The fourth-order valence-corrected chi connectivity index (χ4v) is 5.41. The van der Waals surface area contributed by atoms with Crippen LogP contribution in [0.3, 0.4) is 0 Å². The first-order valence-corrected chi connectivity index (χ1v) is 11.5. The van der Waals surface area contributed by atoms with E-state index in [1.165, 1.54) is 42.5 Å². The monoisotopic (exact) mass is 423 g/mol. The van der Waals surface area contributed by atoms with Crippen LogP contribution in [0.5, 0.6) is 0 Å². The highest BCUT2D eigenvalue weighted by Gasteiger charge is 2.32. The van der Waals surface area contributed by atoms with Gasteiger partial charge in [0.1, 0.15) is 0 Å². The maximum atomic E-state index is 10.9. The fourth-order valence-electron chi connectivity index (χ4n) is 4.43. The van der Waals surface area contributed by atoms with E-state index in [4.69, 9.17) is 9.63 Å². The molecule has 5 rings (SSSR count). The summed E-state index contributed by atoms with van der Waals surface area (Å²) in [4.78, 5) is 19.8. The third kappa shape index (κ3) is 4.04. The van der Waals surface area contributed by atoms with Crippen molar-refractivity contribution < 1.29 is 14.4 Å². The van der Waals surface area contributed by atoms with E-state index in [2.05, 4.69) is 45.4 Å². The molecule has 1 aliphatic heterocycles. The fraction of sp³-hybridized carbons (Fsp3) is 0.435. The zero-order valence-corrected chi connectivity index (χ0v) is 17.6. The molecule has 0 bridgehead atoms. The molecule has 1 aliphatic carbocycles. The van der Waals surface area contributed by atoms with E-state index < -0.39 is 5.97 Å². The van der Waals surface area contributed by atoms with Crippen molar-refractivity contribution in [3.05, 3.63) is 46.8 Å². The molecular weight excluding hydrogens is 398 g/mol. The number of carbonyl (C=O) groups is 1. The van der Waals surface area contributed by atoms with Crippen LogP contribution >= 0.6 is 11.3 Å². The number of likely N-dealkylation sites (tertiary alicyclic amines) is 1. The van der Waals surface area contributed by atoms with Crippen LogP contribution in [0.4, 0.5) is 0 Å². The summed E-state index contributed by atoms with van der Waals surface area (Å²) in [6.07, 6.45) is 6.62. The van der Waals surface area contributed by atoms with Crippen LogP contribution in [-0.4, -0.2) is 39.2 Å². The Balaban J connectivity index is 1.23. The van der Waals surface area contributed by atoms with E-state index in [1.54, 1.807) is 11.3 Å². The molecule has 0 radical (unpaired) electrons. The molecule has 2 aliphatic rings. The zero-order chi connectivity index (χ0) is 20.5. The van der Waals surface area contributed by atoms with Gasteiger partial charge >= 0.3 is 5.97 Å². The van der Waals surface area contributed by atoms with Crippen molar-refractivity contribution in [2.45, 2.75) is 44.6 Å². The van der Waals surface area contributed by atoms with Gasteiger partial charge in [0.05, 0.1) is 10.8 Å². The zero-order valence-electron chi connectivity index (χ0n) is 16.8. The first-order chi connectivity index (χ1) is 14.7. The Bertz CT molecular complexity index is 1010. The minimum Gasteiger partial charge on any atom is -0.481 e. The van der Waals surface area contributed by atoms with E-state index in [1.807, 2.05) is 6.07 Å². The molecule has 2 fully saturated rings. The predicted molar refractivity (Wildman–Crippen MR) is 115 cm³/mol. The lowest BCUT2D eigenvalue weighted by Gasteiger charge is -2.36. The smallest absolute Gasteiger partial charge is 0.309 e. The second-order valence-electron chi connectivity index (χ2n) is 8.38. The van der Waals surface area contributed by atoms with Gasteiger partial charge in [0.15, 0.2) is 0 Å². The number of benzene rings is 1. The summed E-state index contributed by atoms with van der Waals surface area (Å²) in [5, 5.41) is 13.2. The lowest BCUT2D eigenvalue weighted by Crippen LogP contribution is -2.49. The lowest BCUT2D eigenvalue weighted by atomic mass is 9.84. The van der Waals surface area contributed by atoms with Gasteiger partial charge in [-0.2, -0.15) is 4.98 Å². The van der Waals surface area contributed by atoms with Crippen molar-refractivity contribution in [2.24, 2.45) is 5.92 Å². The first-order valence-electron chi connectivity index (χ1n) is 10.6. The van der Waals surface area contributed by atoms with Crippen LogP contribution in [-0.2, 0) is 11.3 Å². The number of carboxylic acid groups (broad SMARTS) is 1. The molecule has 0 spiro atoms. The van der Waals surface area contributed by atoms with E-state index in [-0.39, 0.29) is 5.92 Å². The van der Waals surface area contributed by atoms with Crippen molar-refractivity contribution in [3.8, 4) is 22.2 Å². The van der Waals surface area contributed by atoms with Crippen LogP contribution in [0.25, 0.3) is 22.2 Å². The molecule has 156 valence electrons. The Labute approximate surface area is 179 Å². The maximum absolute atomic E-state index is 10.9. The highest BCUT2D eigenvalue weighted by atomic mass is 32.1. The molecule has 7 heteroatoms. The van der Waals surface area contributed by atoms with Crippen LogP contribution in [0.2, 0.25) is 0 Å². The topological polar surface area (TPSA) is 79.5 Å². The molecule has 0 unspecified atom stereocenters. The number of carboxylic acids is 1. The average Bonchev–Trinajstić information content (AvgIpc) is 3.40. The first kappa shape index (κ1) is 19.5. The number of hydrogen-bond donors (Lipinski definition) is 1. The van der Waals surface area contributed by atoms with Gasteiger partial charge in [-0.05, 0) is 36.5 Å². The van der Waals surface area contributed by atoms with Gasteiger partial charge in [0.2, 0.25) is 5.82 Å². The molecule has 0 atom stereocenters. The summed E-state index contributed by atoms with van der Waals surface area (Å²) in [6, 6.07) is 12.7. The average molecular weight is 424 g/mol. The largest absolute Gasteiger partial charge is 0.481 e. The number of nitrogens with zero attached hydrogens (tertiary/aromatic N) is 3. The van der Waals surface area contributed by atoms with Crippen LogP contribution in [0.1, 0.15) is 48.5 Å². The molecule has 30 heavy (non-hydrogen) atoms. The van der Waals surface area contributed by atoms with Gasteiger partial charge in [-0.3, -0.25) is 9.69 Å². The summed E-state index contributed by atoms with van der Waals surface area (Å²) in [5.74, 6) is 0.901. The van der Waals surface area contributed by atoms with Gasteiger partial charge in [0, 0.05) is 30.1 Å². The van der Waals surface area contributed by atoms with E-state index >= 15 is 0 Å². The van der Waals surface area contributed by atoms with Crippen LogP contribution in [0.15, 0.2) is 40.9 Å². The van der Waals surface area contributed by atoms with Crippen molar-refractivity contribution >= 4 is 17.3 Å². The highest BCUT2D eigenvalue weighted by Crippen LogP contribution is 2.34. The Morgan fingerprint density at radius 2 is 1.87 bits per heavy atom. The Morgan fingerprint density at radius 3 is 2.60 bits per heavy atom. The Kier molecular flexibility index (Phi) is 5.39. The normalized spacial score (nSPS) is 18.4. The summed E-state index contributed by atoms with van der Waals surface area (Å²) in [5.41, 5.74) is 2.39. The molecule has 1 saturated carbocycles. The Hall–Kier alpha value is -2.51. The third-order valence-corrected chi connectivity index (χ3v) is 7.29. The molecule has 2 aromatic heterocycles. The second-order valence-corrected chi connectivity index (χ2v) is 9.54.